The molecule has 0 aliphatic carbocycles. The molecule has 230 valence electrons. The summed E-state index contributed by atoms with van der Waals surface area (Å²) in [4.78, 5) is 23.3. The molecule has 0 fully saturated rings. The first kappa shape index (κ1) is 37.7. The summed E-state index contributed by atoms with van der Waals surface area (Å²) in [6.07, 6.45) is 36.4. The Morgan fingerprint density at radius 3 is 1.49 bits per heavy atom. The number of carbonyl (C=O) groups excluding carboxylic acids is 1. The fourth-order valence-electron chi connectivity index (χ4n) is 5.16. The van der Waals surface area contributed by atoms with E-state index in [9.17, 15) is 9.59 Å². The molecule has 1 unspecified atom stereocenters. The zero-order valence-corrected chi connectivity index (χ0v) is 26.2. The zero-order valence-electron chi connectivity index (χ0n) is 26.2. The average molecular weight is 551 g/mol. The Morgan fingerprint density at radius 2 is 0.949 bits per heavy atom. The molecule has 0 aromatic carbocycles. The van der Waals surface area contributed by atoms with E-state index in [1.54, 1.807) is 0 Å². The van der Waals surface area contributed by atoms with Gasteiger partial charge in [-0.25, -0.2) is 0 Å². The van der Waals surface area contributed by atoms with Gasteiger partial charge in [0.1, 0.15) is 6.10 Å². The first-order valence-electron chi connectivity index (χ1n) is 17.2. The smallest absolute Gasteiger partial charge is 0.306 e. The van der Waals surface area contributed by atoms with E-state index >= 15 is 0 Å². The van der Waals surface area contributed by atoms with Gasteiger partial charge >= 0.3 is 11.9 Å². The Labute approximate surface area is 243 Å². The van der Waals surface area contributed by atoms with Crippen LogP contribution in [0.2, 0.25) is 0 Å². The minimum absolute atomic E-state index is 0.00581. The van der Waals surface area contributed by atoms with E-state index in [1.165, 1.54) is 116 Å². The molecule has 39 heavy (non-hydrogen) atoms. The van der Waals surface area contributed by atoms with Gasteiger partial charge in [-0.05, 0) is 57.8 Å². The molecule has 0 aliphatic rings. The number of hydrogen-bond donors (Lipinski definition) is 1. The highest BCUT2D eigenvalue weighted by molar-refractivity contribution is 5.69. The SMILES string of the molecule is CCCC/C=C\CCCCCCCCC(=O)OC(CCCCCCCCCCCCC)CCCCCC(=O)O. The summed E-state index contributed by atoms with van der Waals surface area (Å²) in [5.41, 5.74) is 0. The quantitative estimate of drug-likeness (QED) is 0.0529. The molecule has 0 saturated carbocycles. The molecule has 0 heterocycles. The Kier molecular flexibility index (Phi) is 30.2. The third-order valence-corrected chi connectivity index (χ3v) is 7.74. The molecule has 0 radical (unpaired) electrons. The maximum Gasteiger partial charge on any atom is 0.306 e. The molecule has 0 aromatic heterocycles. The molecule has 4 heteroatoms. The van der Waals surface area contributed by atoms with Crippen LogP contribution in [0, 0.1) is 0 Å². The summed E-state index contributed by atoms with van der Waals surface area (Å²) in [6, 6.07) is 0. The molecule has 1 N–H and O–H groups in total. The fraction of sp³-hybridized carbons (Fsp3) is 0.886. The van der Waals surface area contributed by atoms with Crippen LogP contribution in [0.25, 0.3) is 0 Å². The maximum atomic E-state index is 12.5. The van der Waals surface area contributed by atoms with Crippen LogP contribution in [0.5, 0.6) is 0 Å². The summed E-state index contributed by atoms with van der Waals surface area (Å²) in [6.45, 7) is 4.50. The standard InChI is InChI=1S/C35H66O4/c1-3-5-7-9-11-13-15-17-19-21-23-28-32-35(38)39-33(30-26-24-27-31-34(36)37)29-25-22-20-18-16-14-12-10-8-6-4-2/h9,11,33H,3-8,10,12-32H2,1-2H3,(H,36,37)/b11-9-. The first-order chi connectivity index (χ1) is 19.1. The van der Waals surface area contributed by atoms with E-state index in [1.807, 2.05) is 0 Å². The van der Waals surface area contributed by atoms with Crippen LogP contribution in [0.15, 0.2) is 12.2 Å². The summed E-state index contributed by atoms with van der Waals surface area (Å²) < 4.78 is 5.91. The number of carboxylic acids is 1. The summed E-state index contributed by atoms with van der Waals surface area (Å²) >= 11 is 0. The molecule has 0 rings (SSSR count). The molecule has 1 atom stereocenters. The highest BCUT2D eigenvalue weighted by atomic mass is 16.5. The third-order valence-electron chi connectivity index (χ3n) is 7.74. The number of carbonyl (C=O) groups is 2. The lowest BCUT2D eigenvalue weighted by atomic mass is 10.0. The van der Waals surface area contributed by atoms with Crippen molar-refractivity contribution in [2.75, 3.05) is 0 Å². The highest BCUT2D eigenvalue weighted by Crippen LogP contribution is 2.18. The normalized spacial score (nSPS) is 12.3. The van der Waals surface area contributed by atoms with Crippen molar-refractivity contribution in [2.45, 2.75) is 200 Å². The minimum Gasteiger partial charge on any atom is -0.481 e. The van der Waals surface area contributed by atoms with Gasteiger partial charge in [-0.15, -0.1) is 0 Å². The number of aliphatic carboxylic acids is 1. The number of carboxylic acid groups (broad SMARTS) is 1. The molecule has 0 amide bonds. The predicted molar refractivity (Wildman–Crippen MR) is 167 cm³/mol. The van der Waals surface area contributed by atoms with Gasteiger partial charge in [-0.1, -0.05) is 135 Å². The van der Waals surface area contributed by atoms with Gasteiger partial charge in [0.2, 0.25) is 0 Å². The van der Waals surface area contributed by atoms with Gasteiger partial charge in [0, 0.05) is 12.8 Å². The largest absolute Gasteiger partial charge is 0.481 e. The zero-order chi connectivity index (χ0) is 28.7. The van der Waals surface area contributed by atoms with Crippen molar-refractivity contribution in [1.82, 2.24) is 0 Å². The number of unbranched alkanes of at least 4 members (excludes halogenated alkanes) is 20. The van der Waals surface area contributed by atoms with Crippen molar-refractivity contribution < 1.29 is 19.4 Å². The fourth-order valence-corrected chi connectivity index (χ4v) is 5.16. The lowest BCUT2D eigenvalue weighted by Gasteiger charge is -2.18. The van der Waals surface area contributed by atoms with Crippen molar-refractivity contribution >= 4 is 11.9 Å². The van der Waals surface area contributed by atoms with Crippen LogP contribution in [0.3, 0.4) is 0 Å². The Hall–Kier alpha value is -1.32. The van der Waals surface area contributed by atoms with Gasteiger partial charge < -0.3 is 9.84 Å². The summed E-state index contributed by atoms with van der Waals surface area (Å²) in [5, 5.41) is 8.85. The number of allylic oxidation sites excluding steroid dienone is 2. The van der Waals surface area contributed by atoms with Crippen molar-refractivity contribution in [3.63, 3.8) is 0 Å². The second-order valence-corrected chi connectivity index (χ2v) is 11.7. The lowest BCUT2D eigenvalue weighted by Crippen LogP contribution is -2.18. The number of rotatable bonds is 31. The van der Waals surface area contributed by atoms with Crippen LogP contribution in [0.1, 0.15) is 194 Å². The molecule has 0 saturated heterocycles. The van der Waals surface area contributed by atoms with Crippen LogP contribution < -0.4 is 0 Å². The summed E-state index contributed by atoms with van der Waals surface area (Å²) in [7, 11) is 0. The monoisotopic (exact) mass is 550 g/mol. The lowest BCUT2D eigenvalue weighted by molar-refractivity contribution is -0.150. The van der Waals surface area contributed by atoms with E-state index in [4.69, 9.17) is 9.84 Å². The van der Waals surface area contributed by atoms with Gasteiger partial charge in [-0.2, -0.15) is 0 Å². The van der Waals surface area contributed by atoms with Gasteiger partial charge in [0.25, 0.3) is 0 Å². The molecule has 0 aliphatic heterocycles. The molecular formula is C35H66O4. The third kappa shape index (κ3) is 31.1. The number of esters is 1. The van der Waals surface area contributed by atoms with Crippen LogP contribution in [-0.4, -0.2) is 23.1 Å². The Balaban J connectivity index is 3.98. The number of hydrogen-bond acceptors (Lipinski definition) is 3. The van der Waals surface area contributed by atoms with Gasteiger partial charge in [0.05, 0.1) is 0 Å². The number of ether oxygens (including phenoxy) is 1. The van der Waals surface area contributed by atoms with Crippen LogP contribution >= 0.6 is 0 Å². The molecule has 0 bridgehead atoms. The first-order valence-corrected chi connectivity index (χ1v) is 17.2. The minimum atomic E-state index is -0.724. The Morgan fingerprint density at radius 1 is 0.538 bits per heavy atom. The predicted octanol–water partition coefficient (Wildman–Crippen LogP) is 11.5. The van der Waals surface area contributed by atoms with Crippen LogP contribution in [0.4, 0.5) is 0 Å². The van der Waals surface area contributed by atoms with E-state index < -0.39 is 5.97 Å². The van der Waals surface area contributed by atoms with E-state index in [0.717, 1.165) is 44.9 Å². The van der Waals surface area contributed by atoms with E-state index in [2.05, 4.69) is 26.0 Å². The van der Waals surface area contributed by atoms with E-state index in [0.29, 0.717) is 12.8 Å². The highest BCUT2D eigenvalue weighted by Gasteiger charge is 2.14. The molecule has 4 nitrogen and oxygen atoms in total. The summed E-state index contributed by atoms with van der Waals surface area (Å²) in [5.74, 6) is -0.760. The van der Waals surface area contributed by atoms with Crippen molar-refractivity contribution in [1.29, 1.82) is 0 Å². The molecular weight excluding hydrogens is 484 g/mol. The van der Waals surface area contributed by atoms with Gasteiger partial charge in [0.15, 0.2) is 0 Å². The van der Waals surface area contributed by atoms with Gasteiger partial charge in [-0.3, -0.25) is 9.59 Å². The maximum absolute atomic E-state index is 12.5. The average Bonchev–Trinajstić information content (AvgIpc) is 2.91. The topological polar surface area (TPSA) is 63.6 Å². The van der Waals surface area contributed by atoms with E-state index in [-0.39, 0.29) is 18.5 Å². The second-order valence-electron chi connectivity index (χ2n) is 11.7. The molecule has 0 spiro atoms. The molecule has 0 aromatic rings. The second kappa shape index (κ2) is 31.2. The van der Waals surface area contributed by atoms with Crippen LogP contribution in [-0.2, 0) is 14.3 Å². The Bertz CT molecular complexity index is 557. The van der Waals surface area contributed by atoms with Crippen molar-refractivity contribution in [2.24, 2.45) is 0 Å². The van der Waals surface area contributed by atoms with Crippen molar-refractivity contribution in [3.05, 3.63) is 12.2 Å². The van der Waals surface area contributed by atoms with Crippen molar-refractivity contribution in [3.8, 4) is 0 Å².